The van der Waals surface area contributed by atoms with Crippen molar-refractivity contribution >= 4 is 62.7 Å². The van der Waals surface area contributed by atoms with Crippen LogP contribution in [0.1, 0.15) is 0 Å². The van der Waals surface area contributed by atoms with E-state index < -0.39 is 27.9 Å². The van der Waals surface area contributed by atoms with Gasteiger partial charge in [0, 0.05) is 21.4 Å². The van der Waals surface area contributed by atoms with Gasteiger partial charge in [0.25, 0.3) is 18.1 Å². The average molecular weight is 350 g/mol. The minimum Gasteiger partial charge on any atom is -0.207 e. The first-order chi connectivity index (χ1) is 7.03. The summed E-state index contributed by atoms with van der Waals surface area (Å²) in [4.78, 5) is -1.11. The molecule has 10 heteroatoms. The summed E-state index contributed by atoms with van der Waals surface area (Å²) in [6.07, 6.45) is 0. The van der Waals surface area contributed by atoms with Crippen LogP contribution < -0.4 is 0 Å². The Morgan fingerprint density at radius 1 is 0.875 bits per heavy atom. The molecule has 1 aromatic rings. The maximum Gasteiger partial charge on any atom is 0.262 e. The van der Waals surface area contributed by atoms with Gasteiger partial charge in [-0.3, -0.25) is 0 Å². The predicted molar refractivity (Wildman–Crippen MR) is 62.5 cm³/mol. The predicted octanol–water partition coefficient (Wildman–Crippen LogP) is 2.85. The summed E-state index contributed by atoms with van der Waals surface area (Å²) in [5.41, 5.74) is 0. The Kier molecular flexibility index (Phi) is 4.04. The van der Waals surface area contributed by atoms with Crippen molar-refractivity contribution in [2.45, 2.75) is 9.79 Å². The lowest BCUT2D eigenvalue weighted by molar-refractivity contribution is 0.608. The molecule has 0 unspecified atom stereocenters. The Morgan fingerprint density at radius 2 is 1.38 bits per heavy atom. The summed E-state index contributed by atoms with van der Waals surface area (Å²) in [5, 5.41) is -0.636. The van der Waals surface area contributed by atoms with Crippen molar-refractivity contribution in [3.05, 3.63) is 22.2 Å². The maximum absolute atomic E-state index is 11.1. The lowest BCUT2D eigenvalue weighted by Crippen LogP contribution is -1.98. The third-order valence-corrected chi connectivity index (χ3v) is 5.11. The summed E-state index contributed by atoms with van der Waals surface area (Å²) in [6, 6.07) is 1.66. The lowest BCUT2D eigenvalue weighted by Gasteiger charge is -2.04. The van der Waals surface area contributed by atoms with Gasteiger partial charge < -0.3 is 0 Å². The van der Waals surface area contributed by atoms with Crippen LogP contribution in [0.25, 0.3) is 0 Å². The molecule has 0 aromatic heterocycles. The monoisotopic (exact) mass is 348 g/mol. The summed E-state index contributed by atoms with van der Waals surface area (Å²) in [6.45, 7) is 0. The second-order valence-corrected chi connectivity index (χ2v) is 8.48. The molecule has 0 aliphatic carbocycles. The fraction of sp³-hybridized carbons (Fsp3) is 0. The highest BCUT2D eigenvalue weighted by Gasteiger charge is 2.22. The SMILES string of the molecule is O=S(=O)(Cl)[13c]1[13cH][13c](Cl)[13c](Cl)[13c](S(=O)(=O)Cl)[13cH]1. The van der Waals surface area contributed by atoms with E-state index in [1.54, 1.807) is 0 Å². The van der Waals surface area contributed by atoms with Gasteiger partial charge in [0.1, 0.15) is 4.90 Å². The largest absolute Gasteiger partial charge is 0.262 e. The minimum atomic E-state index is -4.21. The molecular formula is C6H2Cl4O4S2. The molecule has 0 fully saturated rings. The summed E-state index contributed by atoms with van der Waals surface area (Å²) >= 11 is 11.1. The smallest absolute Gasteiger partial charge is 0.207 e. The number of hydrogen-bond acceptors (Lipinski definition) is 4. The average Bonchev–Trinajstić information content (AvgIpc) is 2.05. The maximum atomic E-state index is 11.1. The Labute approximate surface area is 111 Å². The molecular weight excluding hydrogens is 348 g/mol. The van der Waals surface area contributed by atoms with Crippen molar-refractivity contribution in [2.24, 2.45) is 0 Å². The highest BCUT2D eigenvalue weighted by Crippen LogP contribution is 2.34. The Bertz CT molecular complexity index is 635. The Balaban J connectivity index is 3.72. The van der Waals surface area contributed by atoms with Gasteiger partial charge >= 0.3 is 0 Å². The van der Waals surface area contributed by atoms with E-state index in [2.05, 4.69) is 0 Å². The van der Waals surface area contributed by atoms with Crippen LogP contribution in [-0.4, -0.2) is 16.8 Å². The zero-order chi connectivity index (χ0) is 12.7. The van der Waals surface area contributed by atoms with Crippen LogP contribution in [0.15, 0.2) is 21.9 Å². The quantitative estimate of drug-likeness (QED) is 0.770. The minimum absolute atomic E-state index is 0.275. The van der Waals surface area contributed by atoms with Crippen molar-refractivity contribution in [1.29, 1.82) is 0 Å². The van der Waals surface area contributed by atoms with Gasteiger partial charge in [0.15, 0.2) is 0 Å². The number of rotatable bonds is 2. The normalized spacial score (nSPS) is 12.8. The molecule has 0 atom stereocenters. The summed E-state index contributed by atoms with van der Waals surface area (Å²) in [7, 11) is 1.76. The molecule has 0 radical (unpaired) electrons. The second-order valence-electron chi connectivity index (χ2n) is 2.59. The molecule has 0 heterocycles. The molecule has 1 rings (SSSR count). The highest BCUT2D eigenvalue weighted by molar-refractivity contribution is 8.14. The Morgan fingerprint density at radius 3 is 1.75 bits per heavy atom. The molecule has 0 N–H and O–H groups in total. The van der Waals surface area contributed by atoms with Crippen molar-refractivity contribution < 1.29 is 16.8 Å². The van der Waals surface area contributed by atoms with Crippen molar-refractivity contribution in [1.82, 2.24) is 0 Å². The van der Waals surface area contributed by atoms with Crippen LogP contribution in [-0.2, 0) is 18.1 Å². The molecule has 0 saturated heterocycles. The van der Waals surface area contributed by atoms with Gasteiger partial charge in [-0.25, -0.2) is 16.8 Å². The first kappa shape index (κ1) is 14.3. The van der Waals surface area contributed by atoms with Crippen LogP contribution in [0.5, 0.6) is 0 Å². The standard InChI is InChI=1S/C6H2Cl4O4S2/c7-4-1-3(15(9,11)12)2-5(6(4)8)16(10,13)14/h1-2H/i1+1,2+1,3+1,4+1,5+1,6+1. The van der Waals surface area contributed by atoms with Gasteiger partial charge in [-0.15, -0.1) is 0 Å². The molecule has 90 valence electrons. The van der Waals surface area contributed by atoms with E-state index in [0.29, 0.717) is 0 Å². The zero-order valence-electron chi connectivity index (χ0n) is 7.12. The second kappa shape index (κ2) is 4.51. The number of hydrogen-bond donors (Lipinski definition) is 0. The lowest BCUT2D eigenvalue weighted by atomic mass is 11.3. The van der Waals surface area contributed by atoms with Crippen LogP contribution in [0.2, 0.25) is 10.0 Å². The molecule has 1 aromatic carbocycles. The van der Waals surface area contributed by atoms with E-state index >= 15 is 0 Å². The van der Waals surface area contributed by atoms with Crippen LogP contribution in [0.3, 0.4) is 0 Å². The van der Waals surface area contributed by atoms with E-state index in [0.717, 1.165) is 12.1 Å². The van der Waals surface area contributed by atoms with Crippen molar-refractivity contribution in [3.63, 3.8) is 0 Å². The van der Waals surface area contributed by atoms with Gasteiger partial charge in [-0.2, -0.15) is 0 Å². The topological polar surface area (TPSA) is 68.3 Å². The van der Waals surface area contributed by atoms with Crippen molar-refractivity contribution in [2.75, 3.05) is 0 Å². The molecule has 0 aliphatic heterocycles. The Hall–Kier alpha value is 0.280. The van der Waals surface area contributed by atoms with Gasteiger partial charge in [-0.05, 0) is 12.1 Å². The van der Waals surface area contributed by atoms with Crippen LogP contribution in [0.4, 0.5) is 0 Å². The van der Waals surface area contributed by atoms with Gasteiger partial charge in [-0.1, -0.05) is 23.2 Å². The number of halogens is 4. The van der Waals surface area contributed by atoms with E-state index in [-0.39, 0.29) is 10.0 Å². The molecule has 0 amide bonds. The van der Waals surface area contributed by atoms with E-state index in [1.807, 2.05) is 0 Å². The molecule has 0 saturated carbocycles. The summed E-state index contributed by atoms with van der Waals surface area (Å²) in [5.74, 6) is 0. The fourth-order valence-electron chi connectivity index (χ4n) is 0.858. The van der Waals surface area contributed by atoms with Crippen LogP contribution in [0, 0.1) is 0 Å². The van der Waals surface area contributed by atoms with Crippen molar-refractivity contribution in [3.8, 4) is 0 Å². The molecule has 0 aliphatic rings. The molecule has 0 spiro atoms. The van der Waals surface area contributed by atoms with E-state index in [9.17, 15) is 16.8 Å². The number of benzene rings is 1. The fourth-order valence-corrected chi connectivity index (χ4v) is 3.55. The molecule has 0 bridgehead atoms. The first-order valence-electron chi connectivity index (χ1n) is 3.42. The van der Waals surface area contributed by atoms with Crippen LogP contribution >= 0.6 is 44.6 Å². The third-order valence-electron chi connectivity index (χ3n) is 1.51. The molecule has 4 nitrogen and oxygen atoms in total. The zero-order valence-corrected chi connectivity index (χ0v) is 11.8. The summed E-state index contributed by atoms with van der Waals surface area (Å²) < 4.78 is 44.1. The third kappa shape index (κ3) is 3.15. The van der Waals surface area contributed by atoms with Gasteiger partial charge in [0.05, 0.1) is 14.9 Å². The van der Waals surface area contributed by atoms with E-state index in [1.165, 1.54) is 0 Å². The molecule has 16 heavy (non-hydrogen) atoms. The first-order valence-corrected chi connectivity index (χ1v) is 8.79. The van der Waals surface area contributed by atoms with Gasteiger partial charge in [0.2, 0.25) is 0 Å². The van der Waals surface area contributed by atoms with E-state index in [4.69, 9.17) is 44.6 Å². The highest BCUT2D eigenvalue weighted by atomic mass is 35.7.